The van der Waals surface area contributed by atoms with Crippen molar-refractivity contribution >= 4 is 11.6 Å². The summed E-state index contributed by atoms with van der Waals surface area (Å²) in [5, 5.41) is 0. The molecule has 3 nitrogen and oxygen atoms in total. The first kappa shape index (κ1) is 14.1. The summed E-state index contributed by atoms with van der Waals surface area (Å²) in [5.74, 6) is 2.01. The molecule has 0 aliphatic heterocycles. The van der Waals surface area contributed by atoms with Gasteiger partial charge in [0.05, 0.1) is 19.1 Å². The summed E-state index contributed by atoms with van der Waals surface area (Å²) in [6.07, 6.45) is 0.983. The zero-order valence-electron chi connectivity index (χ0n) is 10.4. The molecule has 0 fully saturated rings. The number of rotatable bonds is 8. The second-order valence-electron chi connectivity index (χ2n) is 3.59. The van der Waals surface area contributed by atoms with Gasteiger partial charge in [-0.1, -0.05) is 13.0 Å². The van der Waals surface area contributed by atoms with Gasteiger partial charge in [-0.3, -0.25) is 0 Å². The van der Waals surface area contributed by atoms with Gasteiger partial charge in [0.1, 0.15) is 18.1 Å². The van der Waals surface area contributed by atoms with E-state index in [0.29, 0.717) is 25.7 Å². The lowest BCUT2D eigenvalue weighted by Gasteiger charge is -2.12. The summed E-state index contributed by atoms with van der Waals surface area (Å²) < 4.78 is 16.1. The summed E-state index contributed by atoms with van der Waals surface area (Å²) in [5.41, 5.74) is 0.964. The topological polar surface area (TPSA) is 27.7 Å². The van der Waals surface area contributed by atoms with Crippen molar-refractivity contribution in [3.63, 3.8) is 0 Å². The molecule has 1 aromatic rings. The first-order valence-corrected chi connectivity index (χ1v) is 6.28. The number of halogens is 1. The van der Waals surface area contributed by atoms with Crippen LogP contribution in [0.4, 0.5) is 0 Å². The Morgan fingerprint density at radius 1 is 1.12 bits per heavy atom. The van der Waals surface area contributed by atoms with Gasteiger partial charge >= 0.3 is 0 Å². The van der Waals surface area contributed by atoms with Crippen molar-refractivity contribution in [2.24, 2.45) is 0 Å². The summed E-state index contributed by atoms with van der Waals surface area (Å²) in [6, 6.07) is 5.72. The molecule has 0 radical (unpaired) electrons. The van der Waals surface area contributed by atoms with Crippen LogP contribution in [0.15, 0.2) is 18.2 Å². The van der Waals surface area contributed by atoms with Crippen LogP contribution in [0.2, 0.25) is 0 Å². The molecule has 0 aromatic heterocycles. The summed E-state index contributed by atoms with van der Waals surface area (Å²) >= 11 is 5.85. The van der Waals surface area contributed by atoms with Crippen LogP contribution in [0.3, 0.4) is 0 Å². The predicted molar refractivity (Wildman–Crippen MR) is 69.2 cm³/mol. The van der Waals surface area contributed by atoms with E-state index in [0.717, 1.165) is 23.5 Å². The first-order valence-electron chi connectivity index (χ1n) is 5.75. The first-order chi connectivity index (χ1) is 8.31. The van der Waals surface area contributed by atoms with Crippen LogP contribution in [0.5, 0.6) is 11.5 Å². The molecule has 0 spiro atoms. The Labute approximate surface area is 108 Å². The molecular formula is C13H19ClO3. The van der Waals surface area contributed by atoms with Crippen LogP contribution in [-0.2, 0) is 10.6 Å². The highest BCUT2D eigenvalue weighted by molar-refractivity contribution is 6.17. The Morgan fingerprint density at radius 2 is 1.94 bits per heavy atom. The fourth-order valence-electron chi connectivity index (χ4n) is 1.32. The fourth-order valence-corrected chi connectivity index (χ4v) is 1.55. The molecule has 0 atom stereocenters. The number of alkyl halides is 1. The molecule has 0 saturated heterocycles. The lowest BCUT2D eigenvalue weighted by molar-refractivity contribution is 0.145. The third kappa shape index (κ3) is 4.84. The van der Waals surface area contributed by atoms with Gasteiger partial charge in [-0.15, -0.1) is 11.6 Å². The highest BCUT2D eigenvalue weighted by Gasteiger charge is 2.05. The standard InChI is InChI=1S/C13H19ClO3/c1-3-6-16-12-5-4-11(10-14)13(9-12)17-8-7-15-2/h4-5,9H,3,6-8,10H2,1-2H3. The summed E-state index contributed by atoms with van der Waals surface area (Å²) in [7, 11) is 1.65. The van der Waals surface area contributed by atoms with Crippen molar-refractivity contribution in [2.75, 3.05) is 26.9 Å². The van der Waals surface area contributed by atoms with Crippen molar-refractivity contribution in [3.05, 3.63) is 23.8 Å². The third-order valence-corrected chi connectivity index (χ3v) is 2.49. The maximum Gasteiger partial charge on any atom is 0.127 e. The number of hydrogen-bond donors (Lipinski definition) is 0. The minimum Gasteiger partial charge on any atom is -0.493 e. The van der Waals surface area contributed by atoms with Crippen molar-refractivity contribution in [2.45, 2.75) is 19.2 Å². The highest BCUT2D eigenvalue weighted by Crippen LogP contribution is 2.26. The van der Waals surface area contributed by atoms with Gasteiger partial charge in [0.2, 0.25) is 0 Å². The molecule has 0 aliphatic carbocycles. The molecule has 1 aromatic carbocycles. The van der Waals surface area contributed by atoms with E-state index in [1.54, 1.807) is 7.11 Å². The van der Waals surface area contributed by atoms with Crippen LogP contribution >= 0.6 is 11.6 Å². The second kappa shape index (κ2) is 8.20. The quantitative estimate of drug-likeness (QED) is 0.529. The minimum atomic E-state index is 0.427. The van der Waals surface area contributed by atoms with E-state index >= 15 is 0 Å². The Bertz CT molecular complexity index is 328. The van der Waals surface area contributed by atoms with E-state index < -0.39 is 0 Å². The van der Waals surface area contributed by atoms with E-state index in [1.807, 2.05) is 18.2 Å². The number of methoxy groups -OCH3 is 1. The van der Waals surface area contributed by atoms with Gasteiger partial charge in [-0.2, -0.15) is 0 Å². The van der Waals surface area contributed by atoms with Crippen LogP contribution in [0.25, 0.3) is 0 Å². The predicted octanol–water partition coefficient (Wildman–Crippen LogP) is 3.24. The van der Waals surface area contributed by atoms with Crippen LogP contribution in [0, 0.1) is 0 Å². The summed E-state index contributed by atoms with van der Waals surface area (Å²) in [4.78, 5) is 0. The molecule has 0 heterocycles. The van der Waals surface area contributed by atoms with E-state index in [4.69, 9.17) is 25.8 Å². The second-order valence-corrected chi connectivity index (χ2v) is 3.86. The van der Waals surface area contributed by atoms with Gasteiger partial charge in [0, 0.05) is 18.7 Å². The lowest BCUT2D eigenvalue weighted by atomic mass is 10.2. The van der Waals surface area contributed by atoms with Gasteiger partial charge in [0.15, 0.2) is 0 Å². The molecule has 4 heteroatoms. The molecule has 0 N–H and O–H groups in total. The monoisotopic (exact) mass is 258 g/mol. The molecular weight excluding hydrogens is 240 g/mol. The van der Waals surface area contributed by atoms with Crippen molar-refractivity contribution in [3.8, 4) is 11.5 Å². The Kier molecular flexibility index (Phi) is 6.82. The summed E-state index contributed by atoms with van der Waals surface area (Å²) in [6.45, 7) is 3.85. The Morgan fingerprint density at radius 3 is 2.59 bits per heavy atom. The van der Waals surface area contributed by atoms with Crippen molar-refractivity contribution in [1.29, 1.82) is 0 Å². The molecule has 0 unspecified atom stereocenters. The fraction of sp³-hybridized carbons (Fsp3) is 0.538. The van der Waals surface area contributed by atoms with Crippen LogP contribution < -0.4 is 9.47 Å². The molecule has 1 rings (SSSR count). The molecule has 0 amide bonds. The van der Waals surface area contributed by atoms with Gasteiger partial charge in [-0.05, 0) is 12.5 Å². The van der Waals surface area contributed by atoms with Crippen molar-refractivity contribution in [1.82, 2.24) is 0 Å². The maximum absolute atomic E-state index is 5.85. The zero-order chi connectivity index (χ0) is 12.5. The highest BCUT2D eigenvalue weighted by atomic mass is 35.5. The number of benzene rings is 1. The van der Waals surface area contributed by atoms with Gasteiger partial charge < -0.3 is 14.2 Å². The third-order valence-electron chi connectivity index (χ3n) is 2.20. The van der Waals surface area contributed by atoms with E-state index in [9.17, 15) is 0 Å². The molecule has 96 valence electrons. The van der Waals surface area contributed by atoms with E-state index in [1.165, 1.54) is 0 Å². The maximum atomic E-state index is 5.85. The molecule has 0 aliphatic rings. The van der Waals surface area contributed by atoms with Gasteiger partial charge in [-0.25, -0.2) is 0 Å². The average molecular weight is 259 g/mol. The number of ether oxygens (including phenoxy) is 3. The van der Waals surface area contributed by atoms with Crippen molar-refractivity contribution < 1.29 is 14.2 Å². The molecule has 0 saturated carbocycles. The van der Waals surface area contributed by atoms with E-state index in [2.05, 4.69) is 6.92 Å². The average Bonchev–Trinajstić information content (AvgIpc) is 2.37. The lowest BCUT2D eigenvalue weighted by Crippen LogP contribution is -2.06. The zero-order valence-corrected chi connectivity index (χ0v) is 11.1. The Balaban J connectivity index is 2.68. The largest absolute Gasteiger partial charge is 0.493 e. The Hall–Kier alpha value is -0.930. The van der Waals surface area contributed by atoms with E-state index in [-0.39, 0.29) is 0 Å². The SMILES string of the molecule is CCCOc1ccc(CCl)c(OCCOC)c1. The van der Waals surface area contributed by atoms with Crippen LogP contribution in [0.1, 0.15) is 18.9 Å². The van der Waals surface area contributed by atoms with Gasteiger partial charge in [0.25, 0.3) is 0 Å². The van der Waals surface area contributed by atoms with Crippen LogP contribution in [-0.4, -0.2) is 26.9 Å². The molecule has 17 heavy (non-hydrogen) atoms. The smallest absolute Gasteiger partial charge is 0.127 e. The molecule has 0 bridgehead atoms. The number of hydrogen-bond acceptors (Lipinski definition) is 3. The minimum absolute atomic E-state index is 0.427. The normalized spacial score (nSPS) is 10.3.